The van der Waals surface area contributed by atoms with Gasteiger partial charge in [-0.3, -0.25) is 9.59 Å². The maximum atomic E-state index is 9.89. The van der Waals surface area contributed by atoms with Crippen molar-refractivity contribution in [3.05, 3.63) is 24.3 Å². The summed E-state index contributed by atoms with van der Waals surface area (Å²) >= 11 is 0. The largest absolute Gasteiger partial charge is 0.299 e. The smallest absolute Gasteiger partial charge is 0.142 e. The predicted octanol–water partition coefficient (Wildman–Crippen LogP) is 6.59. The highest BCUT2D eigenvalue weighted by Gasteiger charge is 1.87. The Morgan fingerprint density at radius 3 is 1.22 bits per heavy atom. The monoisotopic (exact) mass is 322 g/mol. The van der Waals surface area contributed by atoms with Crippen molar-refractivity contribution in [3.63, 3.8) is 0 Å². The van der Waals surface area contributed by atoms with Crippen LogP contribution in [0.25, 0.3) is 0 Å². The minimum Gasteiger partial charge on any atom is -0.299 e. The van der Waals surface area contributed by atoms with Crippen LogP contribution in [-0.2, 0) is 9.59 Å². The van der Waals surface area contributed by atoms with E-state index in [9.17, 15) is 9.59 Å². The van der Waals surface area contributed by atoms with Crippen molar-refractivity contribution in [2.24, 2.45) is 0 Å². The van der Waals surface area contributed by atoms with Gasteiger partial charge in [-0.15, -0.1) is 0 Å². The average molecular weight is 323 g/mol. The summed E-state index contributed by atoms with van der Waals surface area (Å²) in [6.07, 6.45) is 25.3. The molecule has 0 saturated carbocycles. The Bertz CT molecular complexity index is 280. The summed E-state index contributed by atoms with van der Waals surface area (Å²) in [5.41, 5.74) is 0. The molecule has 0 N–H and O–H groups in total. The summed E-state index contributed by atoms with van der Waals surface area (Å²) in [5.74, 6) is 0. The van der Waals surface area contributed by atoms with Crippen molar-refractivity contribution in [2.75, 3.05) is 0 Å². The molecular formula is C21H38O2. The van der Waals surface area contributed by atoms with E-state index >= 15 is 0 Å². The minimum absolute atomic E-state index is 0.839. The quantitative estimate of drug-likeness (QED) is 0.193. The maximum absolute atomic E-state index is 9.89. The molecule has 0 atom stereocenters. The van der Waals surface area contributed by atoms with Gasteiger partial charge < -0.3 is 0 Å². The van der Waals surface area contributed by atoms with Gasteiger partial charge in [-0.25, -0.2) is 0 Å². The predicted molar refractivity (Wildman–Crippen MR) is 102 cm³/mol. The Labute approximate surface area is 144 Å². The summed E-state index contributed by atoms with van der Waals surface area (Å²) in [6, 6.07) is 0. The lowest BCUT2D eigenvalue weighted by Crippen LogP contribution is -1.77. The van der Waals surface area contributed by atoms with E-state index in [4.69, 9.17) is 0 Å². The van der Waals surface area contributed by atoms with Crippen LogP contribution in [0.15, 0.2) is 24.3 Å². The molecule has 2 heteroatoms. The number of hydrogen-bond donors (Lipinski definition) is 0. The molecule has 0 aromatic rings. The number of hydrogen-bond acceptors (Lipinski definition) is 2. The van der Waals surface area contributed by atoms with Crippen LogP contribution in [0.3, 0.4) is 0 Å². The van der Waals surface area contributed by atoms with Gasteiger partial charge in [0.25, 0.3) is 0 Å². The van der Waals surface area contributed by atoms with Crippen LogP contribution in [-0.4, -0.2) is 12.6 Å². The minimum atomic E-state index is 0.839. The third kappa shape index (κ3) is 29.5. The van der Waals surface area contributed by atoms with E-state index in [1.165, 1.54) is 70.6 Å². The van der Waals surface area contributed by atoms with Crippen molar-refractivity contribution in [2.45, 2.75) is 97.3 Å². The molecule has 0 aromatic carbocycles. The first-order valence-corrected chi connectivity index (χ1v) is 9.54. The van der Waals surface area contributed by atoms with Crippen molar-refractivity contribution in [1.82, 2.24) is 0 Å². The Morgan fingerprint density at radius 2 is 0.870 bits per heavy atom. The highest BCUT2D eigenvalue weighted by Crippen LogP contribution is 2.07. The number of unbranched alkanes of at least 4 members (excludes halogenated alkanes) is 11. The summed E-state index contributed by atoms with van der Waals surface area (Å²) in [7, 11) is 0. The van der Waals surface area contributed by atoms with Crippen LogP contribution in [0.5, 0.6) is 0 Å². The zero-order valence-electron chi connectivity index (χ0n) is 15.5. The molecule has 0 amide bonds. The van der Waals surface area contributed by atoms with Gasteiger partial charge in [-0.05, 0) is 37.8 Å². The fourth-order valence-corrected chi connectivity index (χ4v) is 2.21. The van der Waals surface area contributed by atoms with E-state index in [-0.39, 0.29) is 0 Å². The molecular weight excluding hydrogens is 284 g/mol. The van der Waals surface area contributed by atoms with E-state index in [0.29, 0.717) is 0 Å². The van der Waals surface area contributed by atoms with Gasteiger partial charge in [0.15, 0.2) is 0 Å². The van der Waals surface area contributed by atoms with Gasteiger partial charge in [0.1, 0.15) is 12.6 Å². The molecule has 2 nitrogen and oxygen atoms in total. The van der Waals surface area contributed by atoms with Crippen molar-refractivity contribution < 1.29 is 9.59 Å². The number of allylic oxidation sites excluding steroid dienone is 4. The van der Waals surface area contributed by atoms with Crippen molar-refractivity contribution >= 4 is 12.6 Å². The molecule has 0 aliphatic heterocycles. The molecule has 0 unspecified atom stereocenters. The first-order valence-electron chi connectivity index (χ1n) is 9.54. The summed E-state index contributed by atoms with van der Waals surface area (Å²) in [4.78, 5) is 19.7. The fourth-order valence-electron chi connectivity index (χ4n) is 2.21. The van der Waals surface area contributed by atoms with Crippen LogP contribution >= 0.6 is 0 Å². The fraction of sp³-hybridized carbons (Fsp3) is 0.714. The third-order valence-electron chi connectivity index (χ3n) is 3.63. The van der Waals surface area contributed by atoms with Gasteiger partial charge in [-0.2, -0.15) is 0 Å². The highest BCUT2D eigenvalue weighted by molar-refractivity contribution is 5.64. The number of carbonyl (C=O) groups is 2. The Balaban J connectivity index is 0. The Kier molecular flexibility index (Phi) is 27.0. The summed E-state index contributed by atoms with van der Waals surface area (Å²) < 4.78 is 0. The molecule has 0 bridgehead atoms. The number of rotatable bonds is 15. The van der Waals surface area contributed by atoms with Gasteiger partial charge >= 0.3 is 0 Å². The molecule has 0 spiro atoms. The van der Waals surface area contributed by atoms with Crippen LogP contribution in [0.1, 0.15) is 97.3 Å². The van der Waals surface area contributed by atoms with Crippen LogP contribution in [0, 0.1) is 0 Å². The summed E-state index contributed by atoms with van der Waals surface area (Å²) in [6.45, 7) is 4.44. The van der Waals surface area contributed by atoms with Crippen LogP contribution in [0.2, 0.25) is 0 Å². The second kappa shape index (κ2) is 25.8. The first kappa shape index (κ1) is 24.1. The van der Waals surface area contributed by atoms with Gasteiger partial charge in [0, 0.05) is 0 Å². The lowest BCUT2D eigenvalue weighted by atomic mass is 10.1. The zero-order valence-corrected chi connectivity index (χ0v) is 15.5. The molecule has 134 valence electrons. The van der Waals surface area contributed by atoms with Crippen LogP contribution < -0.4 is 0 Å². The van der Waals surface area contributed by atoms with E-state index in [1.54, 1.807) is 12.2 Å². The molecule has 0 heterocycles. The Hall–Kier alpha value is -1.18. The average Bonchev–Trinajstić information content (AvgIpc) is 2.57. The van der Waals surface area contributed by atoms with E-state index in [1.807, 2.05) is 12.2 Å². The van der Waals surface area contributed by atoms with Crippen molar-refractivity contribution in [1.29, 1.82) is 0 Å². The molecule has 0 aliphatic carbocycles. The van der Waals surface area contributed by atoms with Crippen LogP contribution in [0.4, 0.5) is 0 Å². The molecule has 0 radical (unpaired) electrons. The van der Waals surface area contributed by atoms with E-state index < -0.39 is 0 Å². The van der Waals surface area contributed by atoms with Gasteiger partial charge in [-0.1, -0.05) is 83.8 Å². The highest BCUT2D eigenvalue weighted by atomic mass is 16.1. The Morgan fingerprint density at radius 1 is 0.522 bits per heavy atom. The van der Waals surface area contributed by atoms with Gasteiger partial charge in [0.05, 0.1) is 0 Å². The molecule has 0 aliphatic rings. The second-order valence-corrected chi connectivity index (χ2v) is 5.89. The zero-order chi connectivity index (χ0) is 17.4. The number of carbonyl (C=O) groups excluding carboxylic acids is 2. The third-order valence-corrected chi connectivity index (χ3v) is 3.63. The maximum Gasteiger partial charge on any atom is 0.142 e. The summed E-state index contributed by atoms with van der Waals surface area (Å²) in [5, 5.41) is 0. The SMILES string of the molecule is CCCCCCC/C=C\C=O.CCCCCCCCC=CC=O. The molecule has 0 rings (SSSR count). The molecule has 0 fully saturated rings. The molecule has 0 aromatic heterocycles. The molecule has 0 saturated heterocycles. The topological polar surface area (TPSA) is 34.1 Å². The number of aldehydes is 2. The van der Waals surface area contributed by atoms with E-state index in [0.717, 1.165) is 25.4 Å². The van der Waals surface area contributed by atoms with E-state index in [2.05, 4.69) is 13.8 Å². The van der Waals surface area contributed by atoms with Crippen molar-refractivity contribution in [3.8, 4) is 0 Å². The first-order chi connectivity index (χ1) is 11.3. The lowest BCUT2D eigenvalue weighted by Gasteiger charge is -1.96. The standard InChI is InChI=1S/C11H20O.C10H18O/c1-2-3-4-5-6-7-8-9-10-11-12;1-2-3-4-5-6-7-8-9-10-11/h9-11H,2-8H2,1H3;8-10H,2-7H2,1H3/b;9-8-. The lowest BCUT2D eigenvalue weighted by molar-refractivity contribution is -0.104. The van der Waals surface area contributed by atoms with Gasteiger partial charge in [0.2, 0.25) is 0 Å². The second-order valence-electron chi connectivity index (χ2n) is 5.89. The molecule has 23 heavy (non-hydrogen) atoms. The normalized spacial score (nSPS) is 10.7.